The second kappa shape index (κ2) is 10.1. The Bertz CT molecular complexity index is 1410. The van der Waals surface area contributed by atoms with Gasteiger partial charge in [-0.2, -0.15) is 0 Å². The summed E-state index contributed by atoms with van der Waals surface area (Å²) in [6.45, 7) is 10.3. The zero-order chi connectivity index (χ0) is 25.2. The molecule has 4 aromatic rings. The topological polar surface area (TPSA) is 98.0 Å². The molecule has 4 rings (SSSR count). The van der Waals surface area contributed by atoms with Crippen molar-refractivity contribution in [2.75, 3.05) is 0 Å². The fraction of sp³-hybridized carbons (Fsp3) is 0.296. The van der Waals surface area contributed by atoms with Gasteiger partial charge in [0.25, 0.3) is 0 Å². The normalized spacial score (nSPS) is 12.0. The third kappa shape index (κ3) is 5.49. The van der Waals surface area contributed by atoms with Gasteiger partial charge in [0.1, 0.15) is 11.4 Å². The van der Waals surface area contributed by atoms with Crippen molar-refractivity contribution in [2.24, 2.45) is 0 Å². The second-order valence-electron chi connectivity index (χ2n) is 9.12. The summed E-state index contributed by atoms with van der Waals surface area (Å²) in [5, 5.41) is 7.17. The number of nitrogens with zero attached hydrogens (tertiary/aromatic N) is 3. The fourth-order valence-corrected chi connectivity index (χ4v) is 4.61. The molecule has 0 bridgehead atoms. The van der Waals surface area contributed by atoms with Crippen LogP contribution in [0.3, 0.4) is 0 Å². The van der Waals surface area contributed by atoms with Crippen LogP contribution >= 0.6 is 0 Å². The maximum absolute atomic E-state index is 12.4. The number of benzene rings is 2. The molecule has 0 aliphatic carbocycles. The summed E-state index contributed by atoms with van der Waals surface area (Å²) in [6, 6.07) is 17.2. The molecule has 182 valence electrons. The molecule has 0 fully saturated rings. The largest absolute Gasteiger partial charge is 0.354 e. The highest BCUT2D eigenvalue weighted by molar-refractivity contribution is 7.92. The summed E-state index contributed by atoms with van der Waals surface area (Å²) in [6.07, 6.45) is 1.67. The van der Waals surface area contributed by atoms with Crippen LogP contribution in [0.1, 0.15) is 39.0 Å². The van der Waals surface area contributed by atoms with Gasteiger partial charge in [0.05, 0.1) is 27.7 Å². The monoisotopic (exact) mass is 490 g/mol. The number of hydrogen-bond acceptors (Lipinski definition) is 7. The molecule has 7 nitrogen and oxygen atoms in total. The van der Waals surface area contributed by atoms with Crippen molar-refractivity contribution in [3.8, 4) is 34.0 Å². The van der Waals surface area contributed by atoms with Crippen LogP contribution in [-0.2, 0) is 16.4 Å². The van der Waals surface area contributed by atoms with Gasteiger partial charge in [-0.15, -0.1) is 0 Å². The highest BCUT2D eigenvalue weighted by Crippen LogP contribution is 2.29. The van der Waals surface area contributed by atoms with Crippen molar-refractivity contribution in [1.82, 2.24) is 20.4 Å². The number of aromatic nitrogens is 3. The third-order valence-corrected chi connectivity index (χ3v) is 7.93. The van der Waals surface area contributed by atoms with E-state index in [9.17, 15) is 8.42 Å². The van der Waals surface area contributed by atoms with Crippen molar-refractivity contribution < 1.29 is 12.9 Å². The Labute approximate surface area is 206 Å². The van der Waals surface area contributed by atoms with E-state index in [2.05, 4.69) is 41.4 Å². The summed E-state index contributed by atoms with van der Waals surface area (Å²) < 4.78 is 30.5. The SMILES string of the molecule is Cc1ncc(-c2ccc(S(=O)(=O)C(C)C)cc2)nc1-c1cc(-c2ccc(CNC(C)C)cc2)no1. The van der Waals surface area contributed by atoms with E-state index >= 15 is 0 Å². The highest BCUT2D eigenvalue weighted by atomic mass is 32.2. The van der Waals surface area contributed by atoms with E-state index in [1.165, 1.54) is 5.56 Å². The van der Waals surface area contributed by atoms with Crippen molar-refractivity contribution in [3.05, 3.63) is 72.1 Å². The zero-order valence-corrected chi connectivity index (χ0v) is 21.4. The number of rotatable bonds is 8. The Morgan fingerprint density at radius 2 is 1.54 bits per heavy atom. The Balaban J connectivity index is 1.58. The summed E-state index contributed by atoms with van der Waals surface area (Å²) >= 11 is 0. The first kappa shape index (κ1) is 24.8. The molecule has 0 atom stereocenters. The van der Waals surface area contributed by atoms with E-state index in [-0.39, 0.29) is 0 Å². The van der Waals surface area contributed by atoms with E-state index < -0.39 is 15.1 Å². The lowest BCUT2D eigenvalue weighted by Gasteiger charge is -2.09. The van der Waals surface area contributed by atoms with Crippen molar-refractivity contribution in [3.63, 3.8) is 0 Å². The van der Waals surface area contributed by atoms with Crippen molar-refractivity contribution in [1.29, 1.82) is 0 Å². The summed E-state index contributed by atoms with van der Waals surface area (Å²) in [5.74, 6) is 0.524. The summed E-state index contributed by atoms with van der Waals surface area (Å²) in [5.41, 5.74) is 5.58. The smallest absolute Gasteiger partial charge is 0.187 e. The van der Waals surface area contributed by atoms with E-state index in [4.69, 9.17) is 9.51 Å². The average Bonchev–Trinajstić information content (AvgIpc) is 3.33. The lowest BCUT2D eigenvalue weighted by molar-refractivity contribution is 0.433. The molecular weight excluding hydrogens is 460 g/mol. The minimum Gasteiger partial charge on any atom is -0.354 e. The van der Waals surface area contributed by atoms with Gasteiger partial charge in [0, 0.05) is 29.8 Å². The minimum absolute atomic E-state index is 0.294. The van der Waals surface area contributed by atoms with Gasteiger partial charge in [0.2, 0.25) is 0 Å². The third-order valence-electron chi connectivity index (χ3n) is 5.76. The van der Waals surface area contributed by atoms with Crippen LogP contribution in [0.15, 0.2) is 70.2 Å². The molecule has 1 N–H and O–H groups in total. The molecular formula is C27H30N4O3S. The molecule has 0 aliphatic heterocycles. The van der Waals surface area contributed by atoms with E-state index in [0.29, 0.717) is 33.8 Å². The molecule has 8 heteroatoms. The molecule has 0 aliphatic rings. The number of hydrogen-bond donors (Lipinski definition) is 1. The Morgan fingerprint density at radius 1 is 0.914 bits per heavy atom. The molecule has 0 radical (unpaired) electrons. The van der Waals surface area contributed by atoms with Crippen molar-refractivity contribution in [2.45, 2.75) is 57.4 Å². The zero-order valence-electron chi connectivity index (χ0n) is 20.6. The van der Waals surface area contributed by atoms with E-state index in [0.717, 1.165) is 23.4 Å². The van der Waals surface area contributed by atoms with Gasteiger partial charge in [-0.1, -0.05) is 55.4 Å². The number of aryl methyl sites for hydroxylation is 1. The van der Waals surface area contributed by atoms with Crippen LogP contribution < -0.4 is 5.32 Å². The lowest BCUT2D eigenvalue weighted by Crippen LogP contribution is -2.21. The molecule has 0 saturated carbocycles. The van der Waals surface area contributed by atoms with Crippen LogP contribution in [0.4, 0.5) is 0 Å². The summed E-state index contributed by atoms with van der Waals surface area (Å²) in [7, 11) is -3.33. The first-order valence-electron chi connectivity index (χ1n) is 11.6. The molecule has 0 saturated heterocycles. The van der Waals surface area contributed by atoms with Gasteiger partial charge in [0.15, 0.2) is 15.6 Å². The second-order valence-corrected chi connectivity index (χ2v) is 11.6. The van der Waals surface area contributed by atoms with Gasteiger partial charge >= 0.3 is 0 Å². The predicted octanol–water partition coefficient (Wildman–Crippen LogP) is 5.45. The van der Waals surface area contributed by atoms with E-state index in [1.54, 1.807) is 44.3 Å². The average molecular weight is 491 g/mol. The van der Waals surface area contributed by atoms with Crippen LogP contribution in [0.25, 0.3) is 34.0 Å². The highest BCUT2D eigenvalue weighted by Gasteiger charge is 2.19. The summed E-state index contributed by atoms with van der Waals surface area (Å²) in [4.78, 5) is 9.53. The lowest BCUT2D eigenvalue weighted by atomic mass is 10.1. The molecule has 0 unspecified atom stereocenters. The first-order chi connectivity index (χ1) is 16.6. The van der Waals surface area contributed by atoms with Gasteiger partial charge in [-0.05, 0) is 38.5 Å². The fourth-order valence-electron chi connectivity index (χ4n) is 3.55. The number of nitrogens with one attached hydrogen (secondary N) is 1. The van der Waals surface area contributed by atoms with Crippen LogP contribution in [-0.4, -0.2) is 34.8 Å². The quantitative estimate of drug-likeness (QED) is 0.350. The molecule has 2 aromatic carbocycles. The molecule has 0 amide bonds. The molecule has 0 spiro atoms. The van der Waals surface area contributed by atoms with Crippen LogP contribution in [0, 0.1) is 6.92 Å². The predicted molar refractivity (Wildman–Crippen MR) is 137 cm³/mol. The van der Waals surface area contributed by atoms with Gasteiger partial charge < -0.3 is 9.84 Å². The van der Waals surface area contributed by atoms with E-state index in [1.807, 2.05) is 25.1 Å². The maximum Gasteiger partial charge on any atom is 0.187 e. The van der Waals surface area contributed by atoms with Gasteiger partial charge in [-0.25, -0.2) is 13.4 Å². The standard InChI is InChI=1S/C27H30N4O3S/c1-17(2)28-15-20-6-8-21(9-7-20)24-14-26(34-31-24)27-19(5)29-16-25(30-27)22-10-12-23(13-11-22)35(32,33)18(3)4/h6-14,16-18,28H,15H2,1-5H3. The maximum atomic E-state index is 12.4. The Kier molecular flexibility index (Phi) is 7.14. The van der Waals surface area contributed by atoms with Crippen LogP contribution in [0.5, 0.6) is 0 Å². The molecule has 2 aromatic heterocycles. The minimum atomic E-state index is -3.33. The first-order valence-corrected chi connectivity index (χ1v) is 13.2. The Hall–Kier alpha value is -3.36. The van der Waals surface area contributed by atoms with Crippen LogP contribution in [0.2, 0.25) is 0 Å². The molecule has 35 heavy (non-hydrogen) atoms. The van der Waals surface area contributed by atoms with Crippen molar-refractivity contribution >= 4 is 9.84 Å². The molecule has 2 heterocycles. The number of sulfone groups is 1. The Morgan fingerprint density at radius 3 is 2.17 bits per heavy atom. The van der Waals surface area contributed by atoms with Gasteiger partial charge in [-0.3, -0.25) is 4.98 Å².